The van der Waals surface area contributed by atoms with Crippen LogP contribution in [-0.2, 0) is 11.2 Å². The number of rotatable bonds is 4. The van der Waals surface area contributed by atoms with Gasteiger partial charge in [0, 0.05) is 23.7 Å². The molecule has 3 N–H and O–H groups in total. The molecule has 0 radical (unpaired) electrons. The molecule has 118 valence electrons. The van der Waals surface area contributed by atoms with Crippen LogP contribution in [0.1, 0.15) is 35.7 Å². The Kier molecular flexibility index (Phi) is 4.16. The molecule has 1 unspecified atom stereocenters. The van der Waals surface area contributed by atoms with E-state index in [1.165, 1.54) is 5.56 Å². The van der Waals surface area contributed by atoms with Crippen molar-refractivity contribution in [2.24, 2.45) is 11.7 Å². The highest BCUT2D eigenvalue weighted by molar-refractivity contribution is 6.00. The number of ketones is 1. The molecule has 2 heterocycles. The molecule has 0 spiro atoms. The molecule has 1 amide bonds. The summed E-state index contributed by atoms with van der Waals surface area (Å²) >= 11 is 0. The van der Waals surface area contributed by atoms with Gasteiger partial charge >= 0.3 is 0 Å². The number of carbonyl (C=O) groups excluding carboxylic acids is 2. The normalized spacial score (nSPS) is 20.2. The minimum Gasteiger partial charge on any atom is -0.384 e. The Balaban J connectivity index is 1.66. The molecule has 1 atom stereocenters. The van der Waals surface area contributed by atoms with E-state index in [1.807, 2.05) is 25.1 Å². The molecule has 2 aliphatic heterocycles. The van der Waals surface area contributed by atoms with Crippen molar-refractivity contribution in [2.45, 2.75) is 32.2 Å². The summed E-state index contributed by atoms with van der Waals surface area (Å²) in [7, 11) is 0. The van der Waals surface area contributed by atoms with E-state index in [2.05, 4.69) is 10.2 Å². The Labute approximate surface area is 130 Å². The molecule has 22 heavy (non-hydrogen) atoms. The Hall–Kier alpha value is -1.88. The lowest BCUT2D eigenvalue weighted by molar-refractivity contribution is -0.123. The van der Waals surface area contributed by atoms with E-state index in [1.54, 1.807) is 0 Å². The molecule has 5 heteroatoms. The first-order valence-electron chi connectivity index (χ1n) is 8.00. The topological polar surface area (TPSA) is 75.4 Å². The molecule has 0 bridgehead atoms. The highest BCUT2D eigenvalue weighted by Gasteiger charge is 2.29. The molecule has 0 aromatic heterocycles. The maximum atomic E-state index is 12.7. The summed E-state index contributed by atoms with van der Waals surface area (Å²) < 4.78 is 0. The van der Waals surface area contributed by atoms with Gasteiger partial charge in [0.05, 0.1) is 6.04 Å². The van der Waals surface area contributed by atoms with Gasteiger partial charge in [-0.2, -0.15) is 0 Å². The van der Waals surface area contributed by atoms with Crippen molar-refractivity contribution in [3.63, 3.8) is 0 Å². The highest BCUT2D eigenvalue weighted by Crippen LogP contribution is 2.25. The lowest BCUT2D eigenvalue weighted by Gasteiger charge is -2.34. The van der Waals surface area contributed by atoms with Crippen molar-refractivity contribution in [1.29, 1.82) is 0 Å². The summed E-state index contributed by atoms with van der Waals surface area (Å²) in [6.45, 7) is 4.42. The first-order valence-corrected chi connectivity index (χ1v) is 8.00. The third-order valence-corrected chi connectivity index (χ3v) is 4.96. The van der Waals surface area contributed by atoms with E-state index in [4.69, 9.17) is 5.73 Å². The first kappa shape index (κ1) is 15.0. The number of nitrogens with zero attached hydrogens (tertiary/aromatic N) is 1. The minimum absolute atomic E-state index is 0.0374. The van der Waals surface area contributed by atoms with Crippen molar-refractivity contribution in [1.82, 2.24) is 4.90 Å². The zero-order chi connectivity index (χ0) is 15.7. The average Bonchev–Trinajstić information content (AvgIpc) is 3.01. The molecule has 0 aliphatic carbocycles. The van der Waals surface area contributed by atoms with Gasteiger partial charge in [-0.1, -0.05) is 0 Å². The van der Waals surface area contributed by atoms with Crippen molar-refractivity contribution in [3.05, 3.63) is 29.3 Å². The predicted molar refractivity (Wildman–Crippen MR) is 85.9 cm³/mol. The summed E-state index contributed by atoms with van der Waals surface area (Å²) in [5.41, 5.74) is 8.52. The Morgan fingerprint density at radius 1 is 1.32 bits per heavy atom. The molecule has 1 aromatic rings. The van der Waals surface area contributed by atoms with Crippen molar-refractivity contribution >= 4 is 17.4 Å². The Morgan fingerprint density at radius 3 is 2.73 bits per heavy atom. The predicted octanol–water partition coefficient (Wildman–Crippen LogP) is 1.42. The lowest BCUT2D eigenvalue weighted by atomic mass is 9.93. The highest BCUT2D eigenvalue weighted by atomic mass is 16.1. The zero-order valence-electron chi connectivity index (χ0n) is 13.0. The van der Waals surface area contributed by atoms with Gasteiger partial charge in [0.2, 0.25) is 5.91 Å². The summed E-state index contributed by atoms with van der Waals surface area (Å²) in [5, 5.41) is 3.31. The van der Waals surface area contributed by atoms with Crippen LogP contribution in [0.4, 0.5) is 5.69 Å². The van der Waals surface area contributed by atoms with Crippen molar-refractivity contribution in [2.75, 3.05) is 25.0 Å². The van der Waals surface area contributed by atoms with Gasteiger partial charge in [0.1, 0.15) is 0 Å². The summed E-state index contributed by atoms with van der Waals surface area (Å²) in [6.07, 6.45) is 2.48. The van der Waals surface area contributed by atoms with Crippen molar-refractivity contribution in [3.8, 4) is 0 Å². The number of amides is 1. The van der Waals surface area contributed by atoms with Gasteiger partial charge in [0.15, 0.2) is 5.78 Å². The second kappa shape index (κ2) is 6.08. The number of fused-ring (bicyclic) bond motifs is 1. The molecule has 2 aliphatic rings. The van der Waals surface area contributed by atoms with E-state index >= 15 is 0 Å². The average molecular weight is 301 g/mol. The number of piperidine rings is 1. The zero-order valence-corrected chi connectivity index (χ0v) is 13.0. The summed E-state index contributed by atoms with van der Waals surface area (Å²) in [5.74, 6) is -0.0957. The second-order valence-corrected chi connectivity index (χ2v) is 6.30. The van der Waals surface area contributed by atoms with Gasteiger partial charge in [-0.25, -0.2) is 0 Å². The van der Waals surface area contributed by atoms with Crippen LogP contribution in [-0.4, -0.2) is 42.3 Å². The fourth-order valence-electron chi connectivity index (χ4n) is 3.44. The number of anilines is 1. The number of nitrogens with one attached hydrogen (secondary N) is 1. The van der Waals surface area contributed by atoms with Crippen LogP contribution in [0.3, 0.4) is 0 Å². The minimum atomic E-state index is -0.218. The van der Waals surface area contributed by atoms with Crippen LogP contribution in [0.2, 0.25) is 0 Å². The first-order chi connectivity index (χ1) is 10.6. The SMILES string of the molecule is CC(C(=O)c1ccc2c(c1)CCN2)N1CCC(C(N)=O)CC1. The van der Waals surface area contributed by atoms with E-state index in [9.17, 15) is 9.59 Å². The van der Waals surface area contributed by atoms with Crippen LogP contribution in [0.15, 0.2) is 18.2 Å². The molecular weight excluding hydrogens is 278 g/mol. The van der Waals surface area contributed by atoms with E-state index < -0.39 is 0 Å². The standard InChI is InChI=1S/C17H23N3O2/c1-11(20-8-5-12(6-9-20)17(18)22)16(21)14-2-3-15-13(10-14)4-7-19-15/h2-3,10-12,19H,4-9H2,1H3,(H2,18,22). The summed E-state index contributed by atoms with van der Waals surface area (Å²) in [6, 6.07) is 5.78. The number of primary amides is 1. The monoisotopic (exact) mass is 301 g/mol. The van der Waals surface area contributed by atoms with Crippen LogP contribution in [0.25, 0.3) is 0 Å². The number of benzene rings is 1. The van der Waals surface area contributed by atoms with Crippen LogP contribution in [0.5, 0.6) is 0 Å². The number of Topliss-reactive ketones (excluding diaryl/α,β-unsaturated/α-hetero) is 1. The quantitative estimate of drug-likeness (QED) is 0.825. The smallest absolute Gasteiger partial charge is 0.220 e. The maximum Gasteiger partial charge on any atom is 0.220 e. The molecule has 1 aromatic carbocycles. The van der Waals surface area contributed by atoms with Crippen LogP contribution >= 0.6 is 0 Å². The molecule has 1 fully saturated rings. The van der Waals surface area contributed by atoms with Crippen molar-refractivity contribution < 1.29 is 9.59 Å². The van der Waals surface area contributed by atoms with Crippen LogP contribution < -0.4 is 11.1 Å². The molecule has 0 saturated carbocycles. The Morgan fingerprint density at radius 2 is 2.05 bits per heavy atom. The van der Waals surface area contributed by atoms with E-state index in [-0.39, 0.29) is 23.7 Å². The van der Waals surface area contributed by atoms with Gasteiger partial charge in [-0.05, 0) is 63.0 Å². The van der Waals surface area contributed by atoms with E-state index in [0.29, 0.717) is 0 Å². The van der Waals surface area contributed by atoms with E-state index in [0.717, 1.165) is 50.1 Å². The van der Waals surface area contributed by atoms with Crippen LogP contribution in [0, 0.1) is 5.92 Å². The van der Waals surface area contributed by atoms with Gasteiger partial charge in [-0.15, -0.1) is 0 Å². The molecule has 5 nitrogen and oxygen atoms in total. The summed E-state index contributed by atoms with van der Waals surface area (Å²) in [4.78, 5) is 26.1. The molecular formula is C17H23N3O2. The van der Waals surface area contributed by atoms with Gasteiger partial charge < -0.3 is 11.1 Å². The third-order valence-electron chi connectivity index (χ3n) is 4.96. The molecule has 1 saturated heterocycles. The molecule has 3 rings (SSSR count). The lowest BCUT2D eigenvalue weighted by Crippen LogP contribution is -2.46. The second-order valence-electron chi connectivity index (χ2n) is 6.30. The number of likely N-dealkylation sites (tertiary alicyclic amines) is 1. The number of nitrogens with two attached hydrogens (primary N) is 1. The maximum absolute atomic E-state index is 12.7. The number of hydrogen-bond acceptors (Lipinski definition) is 4. The fraction of sp³-hybridized carbons (Fsp3) is 0.529. The third kappa shape index (κ3) is 2.86. The number of carbonyl (C=O) groups is 2. The fourth-order valence-corrected chi connectivity index (χ4v) is 3.44. The Bertz CT molecular complexity index is 592. The van der Waals surface area contributed by atoms with Gasteiger partial charge in [-0.3, -0.25) is 14.5 Å². The van der Waals surface area contributed by atoms with Gasteiger partial charge in [0.25, 0.3) is 0 Å². The largest absolute Gasteiger partial charge is 0.384 e. The number of hydrogen-bond donors (Lipinski definition) is 2.